The van der Waals surface area contributed by atoms with Gasteiger partial charge in [0.05, 0.1) is 6.20 Å². The summed E-state index contributed by atoms with van der Waals surface area (Å²) in [7, 11) is 0. The highest BCUT2D eigenvalue weighted by Crippen LogP contribution is 2.09. The number of carbonyl (C=O) groups excluding carboxylic acids is 1. The number of hydrogen-bond acceptors (Lipinski definition) is 3. The minimum Gasteiger partial charge on any atom is -0.444 e. The maximum absolute atomic E-state index is 11.2. The molecule has 1 heterocycles. The van der Waals surface area contributed by atoms with E-state index in [1.807, 2.05) is 0 Å². The standard InChI is InChI=1S/C10H13N2O2/c1-10(2,3)14-9(13)12-8-6-4-5-7-11-8/h4-6H,1-3H3,(H,11,12,13). The number of rotatable bonds is 1. The van der Waals surface area contributed by atoms with Crippen molar-refractivity contribution in [1.82, 2.24) is 4.98 Å². The fraction of sp³-hybridized carbons (Fsp3) is 0.400. The van der Waals surface area contributed by atoms with Crippen LogP contribution in [0.3, 0.4) is 0 Å². The predicted octanol–water partition coefficient (Wildman–Crippen LogP) is 2.23. The van der Waals surface area contributed by atoms with E-state index in [9.17, 15) is 4.79 Å². The first-order valence-electron chi connectivity index (χ1n) is 4.30. The van der Waals surface area contributed by atoms with Gasteiger partial charge in [0.2, 0.25) is 0 Å². The number of aromatic nitrogens is 1. The molecule has 1 aromatic rings. The molecule has 0 saturated carbocycles. The van der Waals surface area contributed by atoms with Crippen molar-refractivity contribution in [3.63, 3.8) is 0 Å². The number of nitrogens with one attached hydrogen (secondary N) is 1. The van der Waals surface area contributed by atoms with Crippen LogP contribution in [0.15, 0.2) is 18.2 Å². The summed E-state index contributed by atoms with van der Waals surface area (Å²) in [6.45, 7) is 5.41. The molecule has 0 unspecified atom stereocenters. The van der Waals surface area contributed by atoms with Crippen LogP contribution in [0.25, 0.3) is 0 Å². The SMILES string of the molecule is CC(C)(C)OC(=O)Nc1ccc[c]n1. The zero-order valence-corrected chi connectivity index (χ0v) is 8.50. The molecule has 0 aromatic carbocycles. The second kappa shape index (κ2) is 4.09. The molecule has 1 amide bonds. The molecule has 1 radical (unpaired) electrons. The summed E-state index contributed by atoms with van der Waals surface area (Å²) >= 11 is 0. The summed E-state index contributed by atoms with van der Waals surface area (Å²) in [4.78, 5) is 15.1. The van der Waals surface area contributed by atoms with E-state index in [0.717, 1.165) is 0 Å². The molecule has 4 nitrogen and oxygen atoms in total. The highest BCUT2D eigenvalue weighted by Gasteiger charge is 2.16. The Labute approximate surface area is 83.3 Å². The van der Waals surface area contributed by atoms with Gasteiger partial charge in [-0.25, -0.2) is 9.78 Å². The van der Waals surface area contributed by atoms with Crippen LogP contribution in [-0.4, -0.2) is 16.7 Å². The van der Waals surface area contributed by atoms with E-state index < -0.39 is 11.7 Å². The van der Waals surface area contributed by atoms with Gasteiger partial charge >= 0.3 is 6.09 Å². The molecule has 0 aliphatic heterocycles. The Balaban J connectivity index is 2.50. The van der Waals surface area contributed by atoms with Crippen LogP contribution in [-0.2, 0) is 4.74 Å². The summed E-state index contributed by atoms with van der Waals surface area (Å²) in [6, 6.07) is 5.06. The third-order valence-electron chi connectivity index (χ3n) is 1.24. The van der Waals surface area contributed by atoms with Gasteiger partial charge in [0.15, 0.2) is 0 Å². The van der Waals surface area contributed by atoms with E-state index in [1.54, 1.807) is 39.0 Å². The van der Waals surface area contributed by atoms with Crippen LogP contribution in [0.5, 0.6) is 0 Å². The van der Waals surface area contributed by atoms with Gasteiger partial charge in [-0.2, -0.15) is 0 Å². The van der Waals surface area contributed by atoms with Crippen LogP contribution in [0.2, 0.25) is 0 Å². The molecule has 1 N–H and O–H groups in total. The maximum Gasteiger partial charge on any atom is 0.413 e. The van der Waals surface area contributed by atoms with Gasteiger partial charge in [-0.3, -0.25) is 5.32 Å². The highest BCUT2D eigenvalue weighted by atomic mass is 16.6. The lowest BCUT2D eigenvalue weighted by Crippen LogP contribution is -2.27. The second-order valence-electron chi connectivity index (χ2n) is 3.78. The van der Waals surface area contributed by atoms with Gasteiger partial charge in [-0.1, -0.05) is 6.07 Å². The van der Waals surface area contributed by atoms with Crippen molar-refractivity contribution in [2.75, 3.05) is 5.32 Å². The number of ether oxygens (including phenoxy) is 1. The lowest BCUT2D eigenvalue weighted by Gasteiger charge is -2.19. The van der Waals surface area contributed by atoms with E-state index in [1.165, 1.54) is 0 Å². The number of amides is 1. The topological polar surface area (TPSA) is 51.2 Å². The first-order valence-corrected chi connectivity index (χ1v) is 4.30. The Bertz CT molecular complexity index is 304. The van der Waals surface area contributed by atoms with Gasteiger partial charge in [0.25, 0.3) is 0 Å². The van der Waals surface area contributed by atoms with E-state index in [2.05, 4.69) is 16.5 Å². The number of hydrogen-bond donors (Lipinski definition) is 1. The van der Waals surface area contributed by atoms with Crippen LogP contribution in [0.1, 0.15) is 20.8 Å². The maximum atomic E-state index is 11.2. The minimum absolute atomic E-state index is 0.432. The van der Waals surface area contributed by atoms with E-state index in [4.69, 9.17) is 4.74 Å². The van der Waals surface area contributed by atoms with Gasteiger partial charge < -0.3 is 4.74 Å². The molecule has 0 atom stereocenters. The molecule has 14 heavy (non-hydrogen) atoms. The summed E-state index contributed by atoms with van der Waals surface area (Å²) < 4.78 is 5.04. The zero-order chi connectivity index (χ0) is 10.6. The number of pyridine rings is 1. The predicted molar refractivity (Wildman–Crippen MR) is 52.9 cm³/mol. The summed E-state index contributed by atoms with van der Waals surface area (Å²) in [5.74, 6) is 0.432. The van der Waals surface area contributed by atoms with Gasteiger partial charge in [-0.15, -0.1) is 0 Å². The average Bonchev–Trinajstić information content (AvgIpc) is 2.02. The number of carbonyl (C=O) groups is 1. The van der Waals surface area contributed by atoms with Gasteiger partial charge in [0.1, 0.15) is 11.4 Å². The summed E-state index contributed by atoms with van der Waals surface area (Å²) in [5, 5.41) is 2.49. The fourth-order valence-electron chi connectivity index (χ4n) is 0.804. The van der Waals surface area contributed by atoms with E-state index >= 15 is 0 Å². The first-order chi connectivity index (χ1) is 6.47. The van der Waals surface area contributed by atoms with Crippen molar-refractivity contribution in [1.29, 1.82) is 0 Å². The van der Waals surface area contributed by atoms with Crippen LogP contribution in [0.4, 0.5) is 10.6 Å². The monoisotopic (exact) mass is 193 g/mol. The fourth-order valence-corrected chi connectivity index (χ4v) is 0.804. The molecule has 1 rings (SSSR count). The second-order valence-corrected chi connectivity index (χ2v) is 3.78. The van der Waals surface area contributed by atoms with E-state index in [-0.39, 0.29) is 0 Å². The van der Waals surface area contributed by atoms with Crippen LogP contribution >= 0.6 is 0 Å². The molecule has 4 heteroatoms. The molecule has 0 bridgehead atoms. The molecule has 0 aliphatic rings. The molecule has 0 spiro atoms. The van der Waals surface area contributed by atoms with Crippen molar-refractivity contribution in [2.24, 2.45) is 0 Å². The Morgan fingerprint density at radius 1 is 1.57 bits per heavy atom. The normalized spacial score (nSPS) is 10.8. The first kappa shape index (κ1) is 10.5. The van der Waals surface area contributed by atoms with Gasteiger partial charge in [0, 0.05) is 0 Å². The lowest BCUT2D eigenvalue weighted by atomic mass is 10.2. The molecule has 0 aliphatic carbocycles. The Morgan fingerprint density at radius 2 is 2.29 bits per heavy atom. The number of nitrogens with zero attached hydrogens (tertiary/aromatic N) is 1. The third kappa shape index (κ3) is 3.89. The molecule has 0 fully saturated rings. The number of anilines is 1. The smallest absolute Gasteiger partial charge is 0.413 e. The van der Waals surface area contributed by atoms with Crippen LogP contribution < -0.4 is 5.32 Å². The van der Waals surface area contributed by atoms with Crippen molar-refractivity contribution in [2.45, 2.75) is 26.4 Å². The summed E-state index contributed by atoms with van der Waals surface area (Å²) in [5.41, 5.74) is -0.497. The Morgan fingerprint density at radius 3 is 2.79 bits per heavy atom. The molecule has 75 valence electrons. The lowest BCUT2D eigenvalue weighted by molar-refractivity contribution is 0.0635. The quantitative estimate of drug-likeness (QED) is 0.744. The zero-order valence-electron chi connectivity index (χ0n) is 8.50. The van der Waals surface area contributed by atoms with Gasteiger partial charge in [-0.05, 0) is 32.9 Å². The van der Waals surface area contributed by atoms with Crippen molar-refractivity contribution in [3.8, 4) is 0 Å². The highest BCUT2D eigenvalue weighted by molar-refractivity contribution is 5.83. The third-order valence-corrected chi connectivity index (χ3v) is 1.24. The average molecular weight is 193 g/mol. The largest absolute Gasteiger partial charge is 0.444 e. The molecular weight excluding hydrogens is 180 g/mol. The van der Waals surface area contributed by atoms with Crippen molar-refractivity contribution < 1.29 is 9.53 Å². The molecule has 0 saturated heterocycles. The van der Waals surface area contributed by atoms with Crippen LogP contribution in [0, 0.1) is 6.20 Å². The van der Waals surface area contributed by atoms with Crippen molar-refractivity contribution >= 4 is 11.9 Å². The minimum atomic E-state index is -0.510. The summed E-state index contributed by atoms with van der Waals surface area (Å²) in [6.07, 6.45) is 2.10. The Kier molecular flexibility index (Phi) is 3.06. The molecular formula is C10H13N2O2. The van der Waals surface area contributed by atoms with E-state index in [0.29, 0.717) is 5.82 Å². The Hall–Kier alpha value is -1.58. The van der Waals surface area contributed by atoms with Crippen molar-refractivity contribution in [3.05, 3.63) is 24.4 Å². The molecule has 1 aromatic heterocycles.